The van der Waals surface area contributed by atoms with Crippen LogP contribution in [0.1, 0.15) is 24.8 Å². The maximum atomic E-state index is 12.7. The third-order valence-corrected chi connectivity index (χ3v) is 5.58. The Morgan fingerprint density at radius 2 is 2.00 bits per heavy atom. The number of nitrogens with zero attached hydrogens (tertiary/aromatic N) is 2. The van der Waals surface area contributed by atoms with Crippen LogP contribution in [0.15, 0.2) is 23.1 Å². The van der Waals surface area contributed by atoms with Crippen LogP contribution < -0.4 is 9.47 Å². The lowest BCUT2D eigenvalue weighted by atomic mass is 10.1. The standard InChI is InChI=1S/C21H22N2O5S/c1-3-11-28-16-8-7-15(12-17(16)27-2)13-18-20(25)23(21(26)29-18)14-19(24)22-9-5-4-6-10-22/h1,7-8,12-13H,4-6,9-11,14H2,2H3/b18-13-. The summed E-state index contributed by atoms with van der Waals surface area (Å²) in [7, 11) is 1.50. The topological polar surface area (TPSA) is 76.2 Å². The number of amides is 3. The maximum absolute atomic E-state index is 12.7. The normalized spacial score (nSPS) is 18.1. The summed E-state index contributed by atoms with van der Waals surface area (Å²) in [5.41, 5.74) is 0.669. The molecule has 2 saturated heterocycles. The molecule has 0 aliphatic carbocycles. The number of hydrogen-bond donors (Lipinski definition) is 0. The molecule has 0 N–H and O–H groups in total. The number of methoxy groups -OCH3 is 1. The van der Waals surface area contributed by atoms with Crippen molar-refractivity contribution in [1.29, 1.82) is 0 Å². The van der Waals surface area contributed by atoms with Crippen LogP contribution >= 0.6 is 11.8 Å². The van der Waals surface area contributed by atoms with Crippen LogP contribution in [0.2, 0.25) is 0 Å². The number of piperidine rings is 1. The molecule has 1 aromatic carbocycles. The molecule has 2 aliphatic heterocycles. The molecule has 2 heterocycles. The van der Waals surface area contributed by atoms with Crippen molar-refractivity contribution in [3.8, 4) is 23.8 Å². The number of likely N-dealkylation sites (tertiary alicyclic amines) is 1. The van der Waals surface area contributed by atoms with Crippen LogP contribution in [0.4, 0.5) is 4.79 Å². The van der Waals surface area contributed by atoms with E-state index in [0.29, 0.717) is 30.2 Å². The minimum absolute atomic E-state index is 0.111. The number of rotatable bonds is 6. The first kappa shape index (κ1) is 20.8. The molecule has 2 aliphatic rings. The Morgan fingerprint density at radius 1 is 1.24 bits per heavy atom. The fourth-order valence-electron chi connectivity index (χ4n) is 3.18. The molecular formula is C21H22N2O5S. The summed E-state index contributed by atoms with van der Waals surface area (Å²) in [6.07, 6.45) is 9.81. The zero-order valence-electron chi connectivity index (χ0n) is 16.2. The van der Waals surface area contributed by atoms with E-state index < -0.39 is 11.1 Å². The van der Waals surface area contributed by atoms with Gasteiger partial charge in [0.25, 0.3) is 11.1 Å². The Balaban J connectivity index is 1.72. The highest BCUT2D eigenvalue weighted by molar-refractivity contribution is 8.18. The summed E-state index contributed by atoms with van der Waals surface area (Å²) >= 11 is 0.826. The van der Waals surface area contributed by atoms with Crippen molar-refractivity contribution in [2.45, 2.75) is 19.3 Å². The van der Waals surface area contributed by atoms with E-state index in [1.807, 2.05) is 0 Å². The van der Waals surface area contributed by atoms with Crippen molar-refractivity contribution in [3.05, 3.63) is 28.7 Å². The lowest BCUT2D eigenvalue weighted by Gasteiger charge is -2.27. The van der Waals surface area contributed by atoms with Gasteiger partial charge < -0.3 is 14.4 Å². The summed E-state index contributed by atoms with van der Waals surface area (Å²) in [6, 6.07) is 5.12. The third-order valence-electron chi connectivity index (χ3n) is 4.67. The second kappa shape index (κ2) is 9.52. The van der Waals surface area contributed by atoms with E-state index in [1.54, 1.807) is 29.2 Å². The SMILES string of the molecule is C#CCOc1ccc(/C=C2\SC(=O)N(CC(=O)N3CCCCC3)C2=O)cc1OC. The van der Waals surface area contributed by atoms with Gasteiger partial charge in [-0.3, -0.25) is 19.3 Å². The maximum Gasteiger partial charge on any atom is 0.294 e. The van der Waals surface area contributed by atoms with Gasteiger partial charge in [0.1, 0.15) is 13.2 Å². The molecule has 3 rings (SSSR count). The molecule has 2 fully saturated rings. The predicted molar refractivity (Wildman–Crippen MR) is 110 cm³/mol. The average molecular weight is 414 g/mol. The monoisotopic (exact) mass is 414 g/mol. The summed E-state index contributed by atoms with van der Waals surface area (Å²) < 4.78 is 10.7. The first-order valence-electron chi connectivity index (χ1n) is 9.31. The van der Waals surface area contributed by atoms with Gasteiger partial charge in [0.05, 0.1) is 12.0 Å². The van der Waals surface area contributed by atoms with Gasteiger partial charge in [-0.25, -0.2) is 0 Å². The third kappa shape index (κ3) is 4.93. The minimum Gasteiger partial charge on any atom is -0.493 e. The molecule has 152 valence electrons. The largest absolute Gasteiger partial charge is 0.493 e. The Morgan fingerprint density at radius 3 is 2.69 bits per heavy atom. The number of terminal acetylenes is 1. The van der Waals surface area contributed by atoms with Gasteiger partial charge in [0.15, 0.2) is 11.5 Å². The van der Waals surface area contributed by atoms with Crippen molar-refractivity contribution < 1.29 is 23.9 Å². The van der Waals surface area contributed by atoms with Crippen LogP contribution in [0.25, 0.3) is 6.08 Å². The van der Waals surface area contributed by atoms with Crippen molar-refractivity contribution in [2.24, 2.45) is 0 Å². The Kier molecular flexibility index (Phi) is 6.83. The van der Waals surface area contributed by atoms with Crippen LogP contribution in [0, 0.1) is 12.3 Å². The van der Waals surface area contributed by atoms with Crippen LogP contribution in [0.5, 0.6) is 11.5 Å². The van der Waals surface area contributed by atoms with Gasteiger partial charge in [-0.1, -0.05) is 12.0 Å². The molecule has 1 aromatic rings. The quantitative estimate of drug-likeness (QED) is 0.526. The van der Waals surface area contributed by atoms with E-state index in [2.05, 4.69) is 5.92 Å². The van der Waals surface area contributed by atoms with E-state index in [9.17, 15) is 14.4 Å². The summed E-state index contributed by atoms with van der Waals surface area (Å²) in [4.78, 5) is 40.4. The van der Waals surface area contributed by atoms with Crippen LogP contribution in [-0.2, 0) is 9.59 Å². The summed E-state index contributed by atoms with van der Waals surface area (Å²) in [5.74, 6) is 2.69. The number of imide groups is 1. The smallest absolute Gasteiger partial charge is 0.294 e. The highest BCUT2D eigenvalue weighted by Gasteiger charge is 2.37. The van der Waals surface area contributed by atoms with Gasteiger partial charge in [-0.2, -0.15) is 0 Å². The summed E-state index contributed by atoms with van der Waals surface area (Å²) in [5, 5.41) is -0.437. The van der Waals surface area contributed by atoms with E-state index in [-0.39, 0.29) is 24.0 Å². The highest BCUT2D eigenvalue weighted by atomic mass is 32.2. The number of carbonyl (C=O) groups excluding carboxylic acids is 3. The lowest BCUT2D eigenvalue weighted by Crippen LogP contribution is -2.44. The molecule has 0 unspecified atom stereocenters. The van der Waals surface area contributed by atoms with Crippen molar-refractivity contribution >= 4 is 34.9 Å². The molecule has 7 nitrogen and oxygen atoms in total. The number of hydrogen-bond acceptors (Lipinski definition) is 6. The molecule has 3 amide bonds. The second-order valence-corrected chi connectivity index (χ2v) is 7.61. The molecule has 29 heavy (non-hydrogen) atoms. The van der Waals surface area contributed by atoms with Gasteiger partial charge in [0, 0.05) is 13.1 Å². The highest BCUT2D eigenvalue weighted by Crippen LogP contribution is 2.34. The molecule has 0 spiro atoms. The molecule has 8 heteroatoms. The van der Waals surface area contributed by atoms with Gasteiger partial charge in [0.2, 0.25) is 5.91 Å². The van der Waals surface area contributed by atoms with Gasteiger partial charge in [-0.05, 0) is 54.8 Å². The van der Waals surface area contributed by atoms with E-state index in [0.717, 1.165) is 35.9 Å². The second-order valence-electron chi connectivity index (χ2n) is 6.61. The van der Waals surface area contributed by atoms with E-state index in [4.69, 9.17) is 15.9 Å². The first-order valence-corrected chi connectivity index (χ1v) is 10.1. The van der Waals surface area contributed by atoms with Crippen molar-refractivity contribution in [1.82, 2.24) is 9.80 Å². The Labute approximate surface area is 174 Å². The molecule has 0 aromatic heterocycles. The minimum atomic E-state index is -0.461. The van der Waals surface area contributed by atoms with Gasteiger partial charge >= 0.3 is 0 Å². The number of ether oxygens (including phenoxy) is 2. The Hall–Kier alpha value is -2.92. The fourth-order valence-corrected chi connectivity index (χ4v) is 4.02. The van der Waals surface area contributed by atoms with Crippen LogP contribution in [-0.4, -0.2) is 60.2 Å². The molecule has 0 bridgehead atoms. The molecule has 0 saturated carbocycles. The zero-order chi connectivity index (χ0) is 20.8. The van der Waals surface area contributed by atoms with Gasteiger partial charge in [-0.15, -0.1) is 6.42 Å². The predicted octanol–water partition coefficient (Wildman–Crippen LogP) is 2.76. The number of carbonyl (C=O) groups is 3. The summed E-state index contributed by atoms with van der Waals surface area (Å²) in [6.45, 7) is 1.25. The number of thioether (sulfide) groups is 1. The molecular weight excluding hydrogens is 392 g/mol. The van der Waals surface area contributed by atoms with Crippen molar-refractivity contribution in [2.75, 3.05) is 33.4 Å². The van der Waals surface area contributed by atoms with Crippen molar-refractivity contribution in [3.63, 3.8) is 0 Å². The van der Waals surface area contributed by atoms with E-state index in [1.165, 1.54) is 7.11 Å². The average Bonchev–Trinajstić information content (AvgIpc) is 3.00. The zero-order valence-corrected chi connectivity index (χ0v) is 17.0. The Bertz CT molecular complexity index is 884. The first-order chi connectivity index (χ1) is 14.0. The van der Waals surface area contributed by atoms with E-state index >= 15 is 0 Å². The lowest BCUT2D eigenvalue weighted by molar-refractivity contribution is -0.136. The molecule has 0 radical (unpaired) electrons. The number of benzene rings is 1. The van der Waals surface area contributed by atoms with Crippen LogP contribution in [0.3, 0.4) is 0 Å². The molecule has 0 atom stereocenters. The fraction of sp³-hybridized carbons (Fsp3) is 0.381.